The Labute approximate surface area is 427 Å². The molecule has 0 unspecified atom stereocenters. The fraction of sp³-hybridized carbons (Fsp3) is 0.0143. The SMILES string of the molecule is Cc1cc(-c2cccc(-c3cccc(-c4ccccc4-c4ccnc(-c5cccc(-c6ccccc6-c6cccc(-c7cccc(-c8ccc(-c9ccccn9)cc8)c7)c6)c5)c4)c3)c2)cnc1-c1ccccc1. The van der Waals surface area contributed by atoms with Crippen molar-refractivity contribution in [2.24, 2.45) is 0 Å². The molecule has 12 aromatic rings. The van der Waals surface area contributed by atoms with Crippen molar-refractivity contribution in [2.45, 2.75) is 6.92 Å². The molecule has 0 spiro atoms. The van der Waals surface area contributed by atoms with Gasteiger partial charge in [-0.15, -0.1) is 0 Å². The van der Waals surface area contributed by atoms with Gasteiger partial charge >= 0.3 is 0 Å². The summed E-state index contributed by atoms with van der Waals surface area (Å²) in [7, 11) is 0. The van der Waals surface area contributed by atoms with Gasteiger partial charge in [-0.1, -0.05) is 200 Å². The Morgan fingerprint density at radius 1 is 0.219 bits per heavy atom. The van der Waals surface area contributed by atoms with E-state index in [9.17, 15) is 0 Å². The van der Waals surface area contributed by atoms with Crippen molar-refractivity contribution in [3.8, 4) is 123 Å². The lowest BCUT2D eigenvalue weighted by Crippen LogP contribution is -1.91. The van der Waals surface area contributed by atoms with Gasteiger partial charge in [-0.25, -0.2) is 0 Å². The van der Waals surface area contributed by atoms with Crippen LogP contribution < -0.4 is 0 Å². The van der Waals surface area contributed by atoms with Gasteiger partial charge in [-0.3, -0.25) is 15.0 Å². The molecule has 0 N–H and O–H groups in total. The van der Waals surface area contributed by atoms with Crippen molar-refractivity contribution in [3.63, 3.8) is 0 Å². The molecule has 0 radical (unpaired) electrons. The first-order valence-corrected chi connectivity index (χ1v) is 24.8. The predicted molar refractivity (Wildman–Crippen MR) is 304 cm³/mol. The predicted octanol–water partition coefficient (Wildman–Crippen LogP) is 18.5. The van der Waals surface area contributed by atoms with Crippen LogP contribution >= 0.6 is 0 Å². The van der Waals surface area contributed by atoms with Crippen LogP contribution in [0.4, 0.5) is 0 Å². The van der Waals surface area contributed by atoms with Crippen molar-refractivity contribution in [2.75, 3.05) is 0 Å². The van der Waals surface area contributed by atoms with Gasteiger partial charge < -0.3 is 0 Å². The molecule has 9 aromatic carbocycles. The first-order valence-electron chi connectivity index (χ1n) is 24.8. The third kappa shape index (κ3) is 9.44. The molecule has 0 amide bonds. The molecule has 0 bridgehead atoms. The molecule has 12 rings (SSSR count). The van der Waals surface area contributed by atoms with Crippen LogP contribution in [0.2, 0.25) is 0 Å². The Hall–Kier alpha value is -9.57. The van der Waals surface area contributed by atoms with Gasteiger partial charge in [0, 0.05) is 40.8 Å². The van der Waals surface area contributed by atoms with Crippen LogP contribution in [0.1, 0.15) is 5.56 Å². The molecule has 3 aromatic heterocycles. The van der Waals surface area contributed by atoms with Gasteiger partial charge in [0.25, 0.3) is 0 Å². The minimum Gasteiger partial charge on any atom is -0.256 e. The maximum absolute atomic E-state index is 4.95. The van der Waals surface area contributed by atoms with Crippen LogP contribution in [-0.2, 0) is 0 Å². The van der Waals surface area contributed by atoms with Crippen molar-refractivity contribution in [3.05, 3.63) is 285 Å². The first-order chi connectivity index (χ1) is 36.1. The number of hydrogen-bond acceptors (Lipinski definition) is 3. The molecule has 3 heteroatoms. The van der Waals surface area contributed by atoms with Crippen LogP contribution in [0.5, 0.6) is 0 Å². The maximum atomic E-state index is 4.95. The highest BCUT2D eigenvalue weighted by Crippen LogP contribution is 2.39. The summed E-state index contributed by atoms with van der Waals surface area (Å²) in [6.07, 6.45) is 5.76. The van der Waals surface area contributed by atoms with E-state index in [1.165, 1.54) is 44.5 Å². The Morgan fingerprint density at radius 3 is 1.14 bits per heavy atom. The van der Waals surface area contributed by atoms with E-state index < -0.39 is 0 Å². The van der Waals surface area contributed by atoms with Crippen LogP contribution in [0, 0.1) is 6.92 Å². The third-order valence-electron chi connectivity index (χ3n) is 13.8. The minimum absolute atomic E-state index is 0.923. The molecule has 0 fully saturated rings. The zero-order chi connectivity index (χ0) is 48.9. The average Bonchev–Trinajstić information content (AvgIpc) is 3.48. The first kappa shape index (κ1) is 44.6. The second-order valence-electron chi connectivity index (χ2n) is 18.5. The lowest BCUT2D eigenvalue weighted by atomic mass is 9.90. The molecule has 0 aliphatic heterocycles. The van der Waals surface area contributed by atoms with E-state index >= 15 is 0 Å². The van der Waals surface area contributed by atoms with Gasteiger partial charge in [0.2, 0.25) is 0 Å². The summed E-state index contributed by atoms with van der Waals surface area (Å²) in [5.41, 5.74) is 25.9. The molecular formula is C70H49N3. The van der Waals surface area contributed by atoms with Crippen molar-refractivity contribution >= 4 is 0 Å². The highest BCUT2D eigenvalue weighted by atomic mass is 14.7. The van der Waals surface area contributed by atoms with Gasteiger partial charge in [-0.2, -0.15) is 0 Å². The van der Waals surface area contributed by atoms with Gasteiger partial charge in [0.15, 0.2) is 0 Å². The summed E-state index contributed by atoms with van der Waals surface area (Å²) < 4.78 is 0. The zero-order valence-electron chi connectivity index (χ0n) is 40.4. The van der Waals surface area contributed by atoms with Crippen LogP contribution in [0.25, 0.3) is 123 Å². The topological polar surface area (TPSA) is 38.7 Å². The summed E-state index contributed by atoms with van der Waals surface area (Å²) in [5.74, 6) is 0. The lowest BCUT2D eigenvalue weighted by molar-refractivity contribution is 1.27. The Balaban J connectivity index is 0.809. The molecule has 344 valence electrons. The fourth-order valence-corrected chi connectivity index (χ4v) is 10.1. The summed E-state index contributed by atoms with van der Waals surface area (Å²) in [5, 5.41) is 0. The van der Waals surface area contributed by atoms with E-state index in [-0.39, 0.29) is 0 Å². The van der Waals surface area contributed by atoms with Crippen molar-refractivity contribution in [1.29, 1.82) is 0 Å². The second kappa shape index (κ2) is 20.0. The molecule has 0 atom stereocenters. The van der Waals surface area contributed by atoms with Crippen LogP contribution in [0.15, 0.2) is 279 Å². The van der Waals surface area contributed by atoms with E-state index in [2.05, 4.69) is 248 Å². The molecule has 0 aliphatic rings. The number of aromatic nitrogens is 3. The van der Waals surface area contributed by atoms with E-state index in [0.29, 0.717) is 0 Å². The summed E-state index contributed by atoms with van der Waals surface area (Å²) in [6.45, 7) is 2.14. The molecule has 3 nitrogen and oxygen atoms in total. The number of rotatable bonds is 11. The second-order valence-corrected chi connectivity index (χ2v) is 18.5. The Morgan fingerprint density at radius 2 is 0.616 bits per heavy atom. The smallest absolute Gasteiger partial charge is 0.0731 e. The molecular weight excluding hydrogens is 883 g/mol. The lowest BCUT2D eigenvalue weighted by Gasteiger charge is -2.14. The minimum atomic E-state index is 0.923. The fourth-order valence-electron chi connectivity index (χ4n) is 10.1. The summed E-state index contributed by atoms with van der Waals surface area (Å²) in [4.78, 5) is 14.4. The molecule has 0 saturated carbocycles. The quantitative estimate of drug-likeness (QED) is 0.130. The van der Waals surface area contributed by atoms with Crippen LogP contribution in [-0.4, -0.2) is 15.0 Å². The number of hydrogen-bond donors (Lipinski definition) is 0. The largest absolute Gasteiger partial charge is 0.256 e. The van der Waals surface area contributed by atoms with Crippen molar-refractivity contribution < 1.29 is 0 Å². The normalized spacial score (nSPS) is 11.1. The van der Waals surface area contributed by atoms with Gasteiger partial charge in [0.05, 0.1) is 17.1 Å². The van der Waals surface area contributed by atoms with E-state index in [1.54, 1.807) is 0 Å². The molecule has 0 aliphatic carbocycles. The third-order valence-corrected chi connectivity index (χ3v) is 13.8. The monoisotopic (exact) mass is 931 g/mol. The summed E-state index contributed by atoms with van der Waals surface area (Å²) in [6, 6.07) is 93.2. The number of benzene rings is 9. The van der Waals surface area contributed by atoms with Crippen LogP contribution in [0.3, 0.4) is 0 Å². The highest BCUT2D eigenvalue weighted by molar-refractivity contribution is 5.90. The number of pyridine rings is 3. The molecule has 0 saturated heterocycles. The Bertz CT molecular complexity index is 3910. The number of nitrogens with zero attached hydrogens (tertiary/aromatic N) is 3. The average molecular weight is 932 g/mol. The van der Waals surface area contributed by atoms with Crippen molar-refractivity contribution in [1.82, 2.24) is 15.0 Å². The number of aryl methyl sites for hydroxylation is 1. The highest BCUT2D eigenvalue weighted by Gasteiger charge is 2.15. The Kier molecular flexibility index (Phi) is 12.2. The van der Waals surface area contributed by atoms with E-state index in [4.69, 9.17) is 9.97 Å². The zero-order valence-corrected chi connectivity index (χ0v) is 40.4. The van der Waals surface area contributed by atoms with E-state index in [1.807, 2.05) is 42.9 Å². The van der Waals surface area contributed by atoms with Gasteiger partial charge in [-0.05, 0) is 157 Å². The summed E-state index contributed by atoms with van der Waals surface area (Å²) >= 11 is 0. The molecule has 3 heterocycles. The van der Waals surface area contributed by atoms with E-state index in [0.717, 1.165) is 83.8 Å². The maximum Gasteiger partial charge on any atom is 0.0731 e. The molecule has 73 heavy (non-hydrogen) atoms. The standard InChI is InChI=1S/C70H49N3/c1-48-40-63(47-73-70(48)51-16-3-2-4-17-51)57-23-12-20-54(42-57)56-22-14-25-59(44-56)65-29-7-8-31-67(65)61-37-39-72-69(46-61)62-27-15-26-60(45-62)66-30-6-5-28-64(66)58-24-13-21-55(43-58)53-19-11-18-52(41-53)49-33-35-50(36-34-49)68-32-9-10-38-71-68/h2-47H,1H3. The van der Waals surface area contributed by atoms with Gasteiger partial charge in [0.1, 0.15) is 0 Å².